The molecule has 1 nitrogen and oxygen atoms in total. The van der Waals surface area contributed by atoms with Gasteiger partial charge in [0.05, 0.1) is 5.69 Å². The number of hydrogen-bond acceptors (Lipinski definition) is 1. The maximum absolute atomic E-state index is 2.54. The van der Waals surface area contributed by atoms with Gasteiger partial charge in [-0.3, -0.25) is 0 Å². The fourth-order valence-electron chi connectivity index (χ4n) is 12.2. The smallest absolute Gasteiger partial charge is 0.0540 e. The molecule has 0 atom stereocenters. The molecule has 0 aromatic heterocycles. The monoisotopic (exact) mass is 705 g/mol. The predicted molar refractivity (Wildman–Crippen MR) is 230 cm³/mol. The van der Waals surface area contributed by atoms with Crippen molar-refractivity contribution in [2.45, 2.75) is 37.5 Å². The van der Waals surface area contributed by atoms with Crippen LogP contribution in [-0.2, 0) is 5.41 Å². The molecule has 4 bridgehead atoms. The Hall–Kier alpha value is -5.92. The van der Waals surface area contributed by atoms with Crippen molar-refractivity contribution in [1.29, 1.82) is 0 Å². The lowest BCUT2D eigenvalue weighted by Gasteiger charge is -2.61. The SMILES string of the molecule is c1ccc2c(c1)-c1cc(-c3ccc(N(c4ccc(-c5cccc6ccccc56)cc4)c4cccc5ccccc45)cc3)ccc1C21C2CC3CC(C2)CC1C3. The molecule has 8 aromatic rings. The van der Waals surface area contributed by atoms with Gasteiger partial charge in [-0.25, -0.2) is 0 Å². The van der Waals surface area contributed by atoms with E-state index in [0.29, 0.717) is 0 Å². The van der Waals surface area contributed by atoms with E-state index in [4.69, 9.17) is 0 Å². The number of benzene rings is 8. The van der Waals surface area contributed by atoms with Crippen LogP contribution in [-0.4, -0.2) is 0 Å². The molecule has 4 fully saturated rings. The Balaban J connectivity index is 0.942. The molecule has 0 saturated heterocycles. The molecular formula is C54H43N. The summed E-state index contributed by atoms with van der Waals surface area (Å²) in [7, 11) is 0. The second-order valence-corrected chi connectivity index (χ2v) is 16.9. The molecule has 0 unspecified atom stereocenters. The molecule has 264 valence electrons. The van der Waals surface area contributed by atoms with E-state index >= 15 is 0 Å². The van der Waals surface area contributed by atoms with Crippen molar-refractivity contribution in [3.8, 4) is 33.4 Å². The Morgan fingerprint density at radius 3 is 1.64 bits per heavy atom. The molecular weight excluding hydrogens is 663 g/mol. The summed E-state index contributed by atoms with van der Waals surface area (Å²) in [6.07, 6.45) is 7.17. The standard InChI is InChI=1S/C54H43N/c1-3-13-46-38(9-1)11-7-16-47(46)40-21-26-45(27-22-40)55(53-18-8-12-39-10-2-4-14-48(39)53)44-24-19-37(20-25-44)41-23-28-52-50(34-41)49-15-5-6-17-51(49)54(52)42-30-35-29-36(32-42)33-43(54)31-35/h1-28,34-36,42-43H,29-33H2. The van der Waals surface area contributed by atoms with Crippen LogP contribution < -0.4 is 4.90 Å². The topological polar surface area (TPSA) is 3.24 Å². The average Bonchev–Trinajstić information content (AvgIpc) is 3.53. The highest BCUT2D eigenvalue weighted by molar-refractivity contribution is 6.00. The number of hydrogen-bond donors (Lipinski definition) is 0. The molecule has 8 aromatic carbocycles. The van der Waals surface area contributed by atoms with E-state index in [1.54, 1.807) is 11.1 Å². The molecule has 4 saturated carbocycles. The van der Waals surface area contributed by atoms with Gasteiger partial charge in [-0.2, -0.15) is 0 Å². The second-order valence-electron chi connectivity index (χ2n) is 16.9. The second kappa shape index (κ2) is 12.0. The summed E-state index contributed by atoms with van der Waals surface area (Å²) in [5.41, 5.74) is 14.9. The van der Waals surface area contributed by atoms with E-state index < -0.39 is 0 Å². The van der Waals surface area contributed by atoms with Crippen LogP contribution in [0.5, 0.6) is 0 Å². The predicted octanol–water partition coefficient (Wildman–Crippen LogP) is 14.5. The van der Waals surface area contributed by atoms with Gasteiger partial charge in [-0.05, 0) is 153 Å². The number of anilines is 3. The average molecular weight is 706 g/mol. The van der Waals surface area contributed by atoms with Crippen molar-refractivity contribution in [2.75, 3.05) is 4.90 Å². The lowest BCUT2D eigenvalue weighted by Crippen LogP contribution is -2.55. The van der Waals surface area contributed by atoms with Crippen LogP contribution in [0.1, 0.15) is 43.2 Å². The van der Waals surface area contributed by atoms with Gasteiger partial charge in [-0.15, -0.1) is 0 Å². The first kappa shape index (κ1) is 31.4. The van der Waals surface area contributed by atoms with E-state index in [2.05, 4.69) is 181 Å². The van der Waals surface area contributed by atoms with Gasteiger partial charge in [0.15, 0.2) is 0 Å². The molecule has 0 heterocycles. The zero-order valence-electron chi connectivity index (χ0n) is 31.0. The van der Waals surface area contributed by atoms with Gasteiger partial charge in [-0.1, -0.05) is 140 Å². The lowest BCUT2D eigenvalue weighted by atomic mass is 9.43. The van der Waals surface area contributed by atoms with Crippen LogP contribution in [0.25, 0.3) is 54.9 Å². The summed E-state index contributed by atoms with van der Waals surface area (Å²) in [5, 5.41) is 5.02. The number of rotatable bonds is 5. The van der Waals surface area contributed by atoms with Gasteiger partial charge in [0.25, 0.3) is 0 Å². The Morgan fingerprint density at radius 2 is 0.909 bits per heavy atom. The van der Waals surface area contributed by atoms with Gasteiger partial charge >= 0.3 is 0 Å². The normalized spacial score (nSPS) is 23.0. The Morgan fingerprint density at radius 1 is 0.382 bits per heavy atom. The quantitative estimate of drug-likeness (QED) is 0.172. The zero-order chi connectivity index (χ0) is 36.1. The first-order valence-electron chi connectivity index (χ1n) is 20.4. The number of fused-ring (bicyclic) bond motifs is 5. The fourth-order valence-corrected chi connectivity index (χ4v) is 12.2. The molecule has 1 spiro atoms. The third kappa shape index (κ3) is 4.66. The van der Waals surface area contributed by atoms with Gasteiger partial charge in [0.2, 0.25) is 0 Å². The largest absolute Gasteiger partial charge is 0.310 e. The summed E-state index contributed by atoms with van der Waals surface area (Å²) < 4.78 is 0. The third-order valence-corrected chi connectivity index (χ3v) is 14.2. The molecule has 1 heteroatoms. The van der Waals surface area contributed by atoms with Gasteiger partial charge in [0, 0.05) is 22.2 Å². The van der Waals surface area contributed by atoms with Crippen molar-refractivity contribution >= 4 is 38.6 Å². The Labute approximate surface area is 323 Å². The van der Waals surface area contributed by atoms with Crippen LogP contribution in [0, 0.1) is 23.7 Å². The van der Waals surface area contributed by atoms with Crippen LogP contribution in [0.2, 0.25) is 0 Å². The summed E-state index contributed by atoms with van der Waals surface area (Å²) in [4.78, 5) is 2.42. The van der Waals surface area contributed by atoms with E-state index in [-0.39, 0.29) is 5.41 Å². The minimum atomic E-state index is 0.212. The summed E-state index contributed by atoms with van der Waals surface area (Å²) in [6.45, 7) is 0. The van der Waals surface area contributed by atoms with Gasteiger partial charge < -0.3 is 4.90 Å². The molecule has 0 N–H and O–H groups in total. The summed E-state index contributed by atoms with van der Waals surface area (Å²) in [5.74, 6) is 3.49. The van der Waals surface area contributed by atoms with Crippen LogP contribution in [0.3, 0.4) is 0 Å². The van der Waals surface area contributed by atoms with E-state index in [9.17, 15) is 0 Å². The first-order chi connectivity index (χ1) is 27.2. The van der Waals surface area contributed by atoms with Crippen LogP contribution in [0.15, 0.2) is 176 Å². The molecule has 13 rings (SSSR count). The Kier molecular flexibility index (Phi) is 6.88. The van der Waals surface area contributed by atoms with E-state index in [0.717, 1.165) is 35.0 Å². The minimum Gasteiger partial charge on any atom is -0.310 e. The fraction of sp³-hybridized carbons (Fsp3) is 0.185. The van der Waals surface area contributed by atoms with Crippen LogP contribution >= 0.6 is 0 Å². The van der Waals surface area contributed by atoms with E-state index in [1.807, 2.05) is 0 Å². The molecule has 0 aliphatic heterocycles. The molecule has 0 amide bonds. The van der Waals surface area contributed by atoms with Crippen molar-refractivity contribution in [3.05, 3.63) is 187 Å². The Bertz CT molecular complexity index is 2730. The summed E-state index contributed by atoms with van der Waals surface area (Å²) >= 11 is 0. The van der Waals surface area contributed by atoms with E-state index in [1.165, 1.54) is 92.7 Å². The zero-order valence-corrected chi connectivity index (χ0v) is 31.0. The van der Waals surface area contributed by atoms with Crippen molar-refractivity contribution in [2.24, 2.45) is 23.7 Å². The summed E-state index contributed by atoms with van der Waals surface area (Å²) in [6, 6.07) is 66.0. The van der Waals surface area contributed by atoms with Gasteiger partial charge in [0.1, 0.15) is 0 Å². The third-order valence-electron chi connectivity index (χ3n) is 14.2. The molecule has 55 heavy (non-hydrogen) atoms. The highest BCUT2D eigenvalue weighted by atomic mass is 15.1. The van der Waals surface area contributed by atoms with Crippen molar-refractivity contribution < 1.29 is 0 Å². The van der Waals surface area contributed by atoms with Crippen LogP contribution in [0.4, 0.5) is 17.1 Å². The maximum atomic E-state index is 2.54. The first-order valence-corrected chi connectivity index (χ1v) is 20.4. The molecule has 5 aliphatic rings. The minimum absolute atomic E-state index is 0.212. The highest BCUT2D eigenvalue weighted by Crippen LogP contribution is 2.69. The number of nitrogens with zero attached hydrogens (tertiary/aromatic N) is 1. The van der Waals surface area contributed by atoms with Crippen molar-refractivity contribution in [1.82, 2.24) is 0 Å². The lowest BCUT2D eigenvalue weighted by molar-refractivity contribution is -0.0399. The molecule has 0 radical (unpaired) electrons. The molecule has 5 aliphatic carbocycles. The highest BCUT2D eigenvalue weighted by Gasteiger charge is 2.61. The maximum Gasteiger partial charge on any atom is 0.0540 e. The van der Waals surface area contributed by atoms with Crippen molar-refractivity contribution in [3.63, 3.8) is 0 Å².